The van der Waals surface area contributed by atoms with Crippen LogP contribution in [0.5, 0.6) is 0 Å². The van der Waals surface area contributed by atoms with E-state index < -0.39 is 40.7 Å². The highest BCUT2D eigenvalue weighted by atomic mass is 79.9. The second kappa shape index (κ2) is 7.63. The summed E-state index contributed by atoms with van der Waals surface area (Å²) in [5, 5.41) is 0.241. The summed E-state index contributed by atoms with van der Waals surface area (Å²) in [6, 6.07) is 4.76. The van der Waals surface area contributed by atoms with Crippen LogP contribution in [0.4, 0.5) is 27.6 Å². The first kappa shape index (κ1) is 19.9. The largest absolute Gasteiger partial charge is 0.363 e. The number of hydrogen-bond donors (Lipinski definition) is 0. The van der Waals surface area contributed by atoms with Gasteiger partial charge >= 0.3 is 0 Å². The van der Waals surface area contributed by atoms with Crippen molar-refractivity contribution in [1.29, 1.82) is 0 Å². The number of carbonyl (C=O) groups is 1. The molecule has 0 N–H and O–H groups in total. The summed E-state index contributed by atoms with van der Waals surface area (Å²) in [7, 11) is 0. The summed E-state index contributed by atoms with van der Waals surface area (Å²) in [4.78, 5) is 15.0. The maximum Gasteiger partial charge on any atom is 0.255 e. The van der Waals surface area contributed by atoms with Crippen LogP contribution in [0, 0.1) is 29.1 Å². The zero-order chi connectivity index (χ0) is 19.9. The van der Waals surface area contributed by atoms with Crippen LogP contribution in [-0.2, 0) is 0 Å². The lowest BCUT2D eigenvalue weighted by Gasteiger charge is -2.36. The molecule has 2 aromatic carbocycles. The summed E-state index contributed by atoms with van der Waals surface area (Å²) in [6.45, 7) is -0.145. The first-order valence-electron chi connectivity index (χ1n) is 7.73. The van der Waals surface area contributed by atoms with E-state index in [-0.39, 0.29) is 36.8 Å². The first-order chi connectivity index (χ1) is 12.7. The number of rotatable bonds is 2. The van der Waals surface area contributed by atoms with Crippen LogP contribution in [-0.4, -0.2) is 37.0 Å². The number of nitrogens with zero attached hydrogens (tertiary/aromatic N) is 2. The molecule has 0 aromatic heterocycles. The molecule has 1 heterocycles. The van der Waals surface area contributed by atoms with E-state index in [1.54, 1.807) is 18.2 Å². The van der Waals surface area contributed by atoms with E-state index in [9.17, 15) is 26.7 Å². The summed E-state index contributed by atoms with van der Waals surface area (Å²) in [5.74, 6) is -10.4. The Labute approximate surface area is 164 Å². The lowest BCUT2D eigenvalue weighted by molar-refractivity contribution is 0.0746. The minimum absolute atomic E-state index is 0.0289. The van der Waals surface area contributed by atoms with Crippen LogP contribution in [0.3, 0.4) is 0 Å². The van der Waals surface area contributed by atoms with Gasteiger partial charge in [-0.25, -0.2) is 22.0 Å². The van der Waals surface area contributed by atoms with Crippen molar-refractivity contribution >= 4 is 39.1 Å². The molecule has 10 heteroatoms. The fourth-order valence-electron chi connectivity index (χ4n) is 2.84. The summed E-state index contributed by atoms with van der Waals surface area (Å²) < 4.78 is 68.5. The number of halogens is 7. The van der Waals surface area contributed by atoms with Crippen molar-refractivity contribution in [3.8, 4) is 0 Å². The molecule has 0 aliphatic carbocycles. The van der Waals surface area contributed by atoms with Crippen LogP contribution in [0.2, 0.25) is 5.02 Å². The number of anilines is 1. The zero-order valence-corrected chi connectivity index (χ0v) is 15.9. The predicted molar refractivity (Wildman–Crippen MR) is 93.5 cm³/mol. The van der Waals surface area contributed by atoms with Crippen LogP contribution in [0.25, 0.3) is 0 Å². The van der Waals surface area contributed by atoms with Crippen molar-refractivity contribution in [3.63, 3.8) is 0 Å². The van der Waals surface area contributed by atoms with E-state index >= 15 is 0 Å². The van der Waals surface area contributed by atoms with Gasteiger partial charge in [-0.05, 0) is 18.2 Å². The number of benzene rings is 2. The first-order valence-corrected chi connectivity index (χ1v) is 8.90. The molecule has 3 rings (SSSR count). The minimum Gasteiger partial charge on any atom is -0.363 e. The Hall–Kier alpha value is -1.87. The van der Waals surface area contributed by atoms with Crippen molar-refractivity contribution in [2.75, 3.05) is 31.1 Å². The predicted octanol–water partition coefficient (Wildman–Crippen LogP) is 4.76. The molecule has 2 aromatic rings. The molecule has 1 aliphatic heterocycles. The number of piperazine rings is 1. The molecule has 3 nitrogen and oxygen atoms in total. The summed E-state index contributed by atoms with van der Waals surface area (Å²) in [6.07, 6.45) is 0. The van der Waals surface area contributed by atoms with Gasteiger partial charge < -0.3 is 9.80 Å². The molecule has 1 amide bonds. The third-order valence-electron chi connectivity index (χ3n) is 4.23. The van der Waals surface area contributed by atoms with Crippen molar-refractivity contribution in [2.24, 2.45) is 0 Å². The molecule has 1 fully saturated rings. The number of carbonyl (C=O) groups excluding carboxylic acids is 1. The Morgan fingerprint density at radius 2 is 1.41 bits per heavy atom. The highest BCUT2D eigenvalue weighted by Crippen LogP contribution is 2.31. The smallest absolute Gasteiger partial charge is 0.255 e. The van der Waals surface area contributed by atoms with Gasteiger partial charge in [-0.1, -0.05) is 27.5 Å². The average molecular weight is 470 g/mol. The van der Waals surface area contributed by atoms with Gasteiger partial charge in [0, 0.05) is 30.7 Å². The maximum atomic E-state index is 13.9. The standard InChI is InChI=1S/C17H11BrClF5N2O/c18-8-1-2-10(19)9(7-8)17(27)26-5-3-25(4-6-26)16-14(23)12(21)11(20)13(22)15(16)24/h1-2,7H,3-6H2. The molecule has 0 radical (unpaired) electrons. The molecular formula is C17H11BrClF5N2O. The van der Waals surface area contributed by atoms with E-state index in [2.05, 4.69) is 15.9 Å². The fraction of sp³-hybridized carbons (Fsp3) is 0.235. The van der Waals surface area contributed by atoms with Crippen molar-refractivity contribution in [1.82, 2.24) is 4.90 Å². The lowest BCUT2D eigenvalue weighted by Crippen LogP contribution is -2.49. The Bertz CT molecular complexity index is 890. The van der Waals surface area contributed by atoms with Gasteiger partial charge in [-0.3, -0.25) is 4.79 Å². The number of amides is 1. The van der Waals surface area contributed by atoms with E-state index in [0.29, 0.717) is 4.47 Å². The molecule has 0 unspecified atom stereocenters. The Morgan fingerprint density at radius 3 is 1.96 bits per heavy atom. The van der Waals surface area contributed by atoms with Crippen molar-refractivity contribution in [3.05, 3.63) is 62.3 Å². The third kappa shape index (κ3) is 3.62. The van der Waals surface area contributed by atoms with Gasteiger partial charge in [0.05, 0.1) is 10.6 Å². The van der Waals surface area contributed by atoms with Gasteiger partial charge in [-0.15, -0.1) is 0 Å². The molecule has 1 saturated heterocycles. The molecule has 0 spiro atoms. The Balaban J connectivity index is 1.80. The molecule has 0 atom stereocenters. The van der Waals surface area contributed by atoms with E-state index in [1.807, 2.05) is 0 Å². The topological polar surface area (TPSA) is 23.6 Å². The van der Waals surface area contributed by atoms with Crippen molar-refractivity contribution in [2.45, 2.75) is 0 Å². The van der Waals surface area contributed by atoms with Crippen molar-refractivity contribution < 1.29 is 26.7 Å². The van der Waals surface area contributed by atoms with Crippen LogP contribution >= 0.6 is 27.5 Å². The highest BCUT2D eigenvalue weighted by molar-refractivity contribution is 9.10. The number of hydrogen-bond acceptors (Lipinski definition) is 2. The van der Waals surface area contributed by atoms with E-state index in [1.165, 1.54) is 4.90 Å². The second-order valence-electron chi connectivity index (χ2n) is 5.82. The maximum absolute atomic E-state index is 13.9. The average Bonchev–Trinajstić information content (AvgIpc) is 2.67. The molecular weight excluding hydrogens is 459 g/mol. The lowest BCUT2D eigenvalue weighted by atomic mass is 10.1. The van der Waals surface area contributed by atoms with Crippen LogP contribution in [0.15, 0.2) is 22.7 Å². The molecule has 27 heavy (non-hydrogen) atoms. The third-order valence-corrected chi connectivity index (χ3v) is 5.05. The molecule has 0 saturated carbocycles. The van der Waals surface area contributed by atoms with E-state index in [4.69, 9.17) is 11.6 Å². The van der Waals surface area contributed by atoms with Crippen LogP contribution < -0.4 is 4.90 Å². The molecule has 0 bridgehead atoms. The van der Waals surface area contributed by atoms with Gasteiger partial charge in [0.2, 0.25) is 5.82 Å². The zero-order valence-electron chi connectivity index (χ0n) is 13.5. The highest BCUT2D eigenvalue weighted by Gasteiger charge is 2.32. The minimum atomic E-state index is -2.20. The molecule has 1 aliphatic rings. The van der Waals surface area contributed by atoms with Crippen LogP contribution in [0.1, 0.15) is 10.4 Å². The van der Waals surface area contributed by atoms with Gasteiger partial charge in [-0.2, -0.15) is 0 Å². The molecule has 144 valence electrons. The fourth-order valence-corrected chi connectivity index (χ4v) is 3.40. The summed E-state index contributed by atoms with van der Waals surface area (Å²) >= 11 is 9.27. The summed E-state index contributed by atoms with van der Waals surface area (Å²) in [5.41, 5.74) is -0.741. The van der Waals surface area contributed by atoms with Gasteiger partial charge in [0.25, 0.3) is 5.91 Å². The normalized spacial score (nSPS) is 14.6. The van der Waals surface area contributed by atoms with Gasteiger partial charge in [0.1, 0.15) is 5.69 Å². The monoisotopic (exact) mass is 468 g/mol. The SMILES string of the molecule is O=C(c1cc(Br)ccc1Cl)N1CCN(c2c(F)c(F)c(F)c(F)c2F)CC1. The Kier molecular flexibility index (Phi) is 5.62. The van der Waals surface area contributed by atoms with Gasteiger partial charge in [0.15, 0.2) is 23.3 Å². The quantitative estimate of drug-likeness (QED) is 0.360. The second-order valence-corrected chi connectivity index (χ2v) is 7.14. The Morgan fingerprint density at radius 1 is 0.889 bits per heavy atom. The van der Waals surface area contributed by atoms with E-state index in [0.717, 1.165) is 4.90 Å².